The Kier molecular flexibility index (Phi) is 3.58. The third-order valence-electron chi connectivity index (χ3n) is 2.36. The van der Waals surface area contributed by atoms with Gasteiger partial charge in [0.15, 0.2) is 0 Å². The van der Waals surface area contributed by atoms with E-state index >= 15 is 0 Å². The largest absolute Gasteiger partial charge is 0.394 e. The molecule has 2 nitrogen and oxygen atoms in total. The van der Waals surface area contributed by atoms with E-state index in [1.165, 1.54) is 11.3 Å². The van der Waals surface area contributed by atoms with Crippen molar-refractivity contribution in [2.24, 2.45) is 0 Å². The van der Waals surface area contributed by atoms with Crippen molar-refractivity contribution in [3.05, 3.63) is 29.8 Å². The van der Waals surface area contributed by atoms with Crippen LogP contribution in [0.2, 0.25) is 0 Å². The molecule has 1 aromatic rings. The van der Waals surface area contributed by atoms with Gasteiger partial charge in [0.1, 0.15) is 0 Å². The Morgan fingerprint density at radius 1 is 1.38 bits per heavy atom. The number of para-hydroxylation sites is 1. The molecule has 1 aromatic carbocycles. The molecule has 1 aliphatic rings. The lowest BCUT2D eigenvalue weighted by Crippen LogP contribution is -2.28. The fourth-order valence-electron chi connectivity index (χ4n) is 1.64. The van der Waals surface area contributed by atoms with Crippen LogP contribution >= 0.6 is 12.4 Å². The van der Waals surface area contributed by atoms with Crippen LogP contribution in [0.15, 0.2) is 24.3 Å². The van der Waals surface area contributed by atoms with Gasteiger partial charge < -0.3 is 10.4 Å². The summed E-state index contributed by atoms with van der Waals surface area (Å²) < 4.78 is 0. The van der Waals surface area contributed by atoms with Gasteiger partial charge in [0.25, 0.3) is 0 Å². The van der Waals surface area contributed by atoms with Crippen molar-refractivity contribution in [2.45, 2.75) is 18.9 Å². The minimum atomic E-state index is 0. The van der Waals surface area contributed by atoms with E-state index in [1.54, 1.807) is 0 Å². The third kappa shape index (κ3) is 2.14. The Balaban J connectivity index is 0.000000845. The van der Waals surface area contributed by atoms with Gasteiger partial charge in [0.05, 0.1) is 6.61 Å². The van der Waals surface area contributed by atoms with Gasteiger partial charge >= 0.3 is 0 Å². The summed E-state index contributed by atoms with van der Waals surface area (Å²) in [5, 5.41) is 12.3. The highest BCUT2D eigenvalue weighted by Crippen LogP contribution is 2.23. The molecular formula is C10H14ClNO. The summed E-state index contributed by atoms with van der Waals surface area (Å²) in [6.45, 7) is 0.230. The molecule has 1 atom stereocenters. The van der Waals surface area contributed by atoms with Gasteiger partial charge in [0, 0.05) is 11.7 Å². The monoisotopic (exact) mass is 199 g/mol. The van der Waals surface area contributed by atoms with Gasteiger partial charge in [-0.15, -0.1) is 12.4 Å². The van der Waals surface area contributed by atoms with E-state index < -0.39 is 0 Å². The lowest BCUT2D eigenvalue weighted by molar-refractivity contribution is 0.267. The number of hydrogen-bond donors (Lipinski definition) is 2. The van der Waals surface area contributed by atoms with Crippen molar-refractivity contribution >= 4 is 18.1 Å². The standard InChI is InChI=1S/C10H13NO.ClH/c12-7-9-6-5-8-3-1-2-4-10(8)11-9;/h1-4,9,11-12H,5-7H2;1H. The Hall–Kier alpha value is -0.730. The predicted octanol–water partition coefficient (Wildman–Crippen LogP) is 1.83. The molecule has 2 rings (SSSR count). The molecule has 3 heteroatoms. The van der Waals surface area contributed by atoms with Gasteiger partial charge in [0.2, 0.25) is 0 Å². The molecular weight excluding hydrogens is 186 g/mol. The van der Waals surface area contributed by atoms with E-state index in [4.69, 9.17) is 5.11 Å². The topological polar surface area (TPSA) is 32.3 Å². The molecule has 0 saturated carbocycles. The Bertz CT molecular complexity index is 277. The number of fused-ring (bicyclic) bond motifs is 1. The molecule has 0 bridgehead atoms. The molecule has 0 amide bonds. The second-order valence-electron chi connectivity index (χ2n) is 3.22. The van der Waals surface area contributed by atoms with Crippen molar-refractivity contribution in [1.29, 1.82) is 0 Å². The zero-order valence-corrected chi connectivity index (χ0v) is 8.18. The molecule has 0 radical (unpaired) electrons. The molecule has 0 aliphatic carbocycles. The van der Waals surface area contributed by atoms with E-state index in [0.717, 1.165) is 12.8 Å². The highest BCUT2D eigenvalue weighted by molar-refractivity contribution is 5.85. The molecule has 1 aliphatic heterocycles. The summed E-state index contributed by atoms with van der Waals surface area (Å²) >= 11 is 0. The van der Waals surface area contributed by atoms with Crippen LogP contribution in [0.3, 0.4) is 0 Å². The van der Waals surface area contributed by atoms with Gasteiger partial charge in [-0.25, -0.2) is 0 Å². The number of benzene rings is 1. The molecule has 2 N–H and O–H groups in total. The summed E-state index contributed by atoms with van der Waals surface area (Å²) in [7, 11) is 0. The molecule has 0 fully saturated rings. The summed E-state index contributed by atoms with van der Waals surface area (Å²) in [5.74, 6) is 0. The third-order valence-corrected chi connectivity index (χ3v) is 2.36. The summed E-state index contributed by atoms with van der Waals surface area (Å²) in [5.41, 5.74) is 2.55. The maximum absolute atomic E-state index is 8.95. The second kappa shape index (κ2) is 4.49. The van der Waals surface area contributed by atoms with Crippen LogP contribution < -0.4 is 5.32 Å². The highest BCUT2D eigenvalue weighted by atomic mass is 35.5. The first-order valence-electron chi connectivity index (χ1n) is 4.35. The Morgan fingerprint density at radius 2 is 2.15 bits per heavy atom. The normalized spacial score (nSPS) is 19.6. The average Bonchev–Trinajstić information content (AvgIpc) is 2.17. The fraction of sp³-hybridized carbons (Fsp3) is 0.400. The van der Waals surface area contributed by atoms with Gasteiger partial charge in [-0.05, 0) is 24.5 Å². The SMILES string of the molecule is Cl.OCC1CCc2ccccc2N1. The molecule has 0 saturated heterocycles. The minimum absolute atomic E-state index is 0. The zero-order valence-electron chi connectivity index (χ0n) is 7.36. The van der Waals surface area contributed by atoms with Crippen molar-refractivity contribution < 1.29 is 5.11 Å². The number of halogens is 1. The first kappa shape index (κ1) is 10.4. The van der Waals surface area contributed by atoms with Gasteiger partial charge in [-0.1, -0.05) is 18.2 Å². The second-order valence-corrected chi connectivity index (χ2v) is 3.22. The molecule has 0 spiro atoms. The maximum Gasteiger partial charge on any atom is 0.0632 e. The lowest BCUT2D eigenvalue weighted by Gasteiger charge is -2.25. The highest BCUT2D eigenvalue weighted by Gasteiger charge is 2.15. The van der Waals surface area contributed by atoms with Crippen LogP contribution in [0.4, 0.5) is 5.69 Å². The van der Waals surface area contributed by atoms with E-state index in [2.05, 4.69) is 23.5 Å². The van der Waals surface area contributed by atoms with E-state index in [-0.39, 0.29) is 25.1 Å². The molecule has 72 valence electrons. The van der Waals surface area contributed by atoms with Crippen LogP contribution in [-0.2, 0) is 6.42 Å². The number of hydrogen-bond acceptors (Lipinski definition) is 2. The summed E-state index contributed by atoms with van der Waals surface area (Å²) in [6.07, 6.45) is 2.11. The summed E-state index contributed by atoms with van der Waals surface area (Å²) in [6, 6.07) is 8.53. The fourth-order valence-corrected chi connectivity index (χ4v) is 1.64. The smallest absolute Gasteiger partial charge is 0.0632 e. The molecule has 0 aromatic heterocycles. The van der Waals surface area contributed by atoms with Crippen LogP contribution in [0, 0.1) is 0 Å². The first-order valence-corrected chi connectivity index (χ1v) is 4.35. The number of aliphatic hydroxyl groups excluding tert-OH is 1. The van der Waals surface area contributed by atoms with E-state index in [1.807, 2.05) is 6.07 Å². The van der Waals surface area contributed by atoms with Crippen LogP contribution in [0.5, 0.6) is 0 Å². The van der Waals surface area contributed by atoms with Crippen LogP contribution in [-0.4, -0.2) is 17.8 Å². The number of rotatable bonds is 1. The number of aryl methyl sites for hydroxylation is 1. The van der Waals surface area contributed by atoms with Crippen molar-refractivity contribution in [1.82, 2.24) is 0 Å². The molecule has 1 unspecified atom stereocenters. The van der Waals surface area contributed by atoms with Gasteiger partial charge in [-0.3, -0.25) is 0 Å². The molecule has 1 heterocycles. The Labute approximate surface area is 84.4 Å². The average molecular weight is 200 g/mol. The Morgan fingerprint density at radius 3 is 2.92 bits per heavy atom. The van der Waals surface area contributed by atoms with Crippen molar-refractivity contribution in [3.8, 4) is 0 Å². The lowest BCUT2D eigenvalue weighted by atomic mass is 9.99. The quantitative estimate of drug-likeness (QED) is 0.724. The van der Waals surface area contributed by atoms with Crippen LogP contribution in [0.1, 0.15) is 12.0 Å². The van der Waals surface area contributed by atoms with Gasteiger partial charge in [-0.2, -0.15) is 0 Å². The zero-order chi connectivity index (χ0) is 8.39. The number of aliphatic hydroxyl groups is 1. The first-order chi connectivity index (χ1) is 5.90. The molecule has 13 heavy (non-hydrogen) atoms. The summed E-state index contributed by atoms with van der Waals surface area (Å²) in [4.78, 5) is 0. The van der Waals surface area contributed by atoms with E-state index in [0.29, 0.717) is 0 Å². The maximum atomic E-state index is 8.95. The predicted molar refractivity (Wildman–Crippen MR) is 56.5 cm³/mol. The van der Waals surface area contributed by atoms with Crippen molar-refractivity contribution in [3.63, 3.8) is 0 Å². The van der Waals surface area contributed by atoms with E-state index in [9.17, 15) is 0 Å². The van der Waals surface area contributed by atoms with Crippen molar-refractivity contribution in [2.75, 3.05) is 11.9 Å². The number of anilines is 1. The minimum Gasteiger partial charge on any atom is -0.394 e. The number of nitrogens with one attached hydrogen (secondary N) is 1. The van der Waals surface area contributed by atoms with Crippen LogP contribution in [0.25, 0.3) is 0 Å².